The largest absolute Gasteiger partial charge is 1.00 e. The molecule has 0 atom stereocenters. The number of aromatic nitrogens is 2. The molecule has 0 aliphatic rings. The lowest BCUT2D eigenvalue weighted by Crippen LogP contribution is -3.00. The molecule has 0 aliphatic heterocycles. The second-order valence-electron chi connectivity index (χ2n) is 5.72. The van der Waals surface area contributed by atoms with Gasteiger partial charge in [0.25, 0.3) is 0 Å². The molecular weight excluding hydrogens is 268 g/mol. The normalized spacial score (nSPS) is 10.5. The Hall–Kier alpha value is -0.500. The van der Waals surface area contributed by atoms with Gasteiger partial charge in [-0.3, -0.25) is 0 Å². The Morgan fingerprint density at radius 1 is 0.800 bits per heavy atom. The molecule has 3 heteroatoms. The van der Waals surface area contributed by atoms with Crippen LogP contribution in [0.3, 0.4) is 0 Å². The van der Waals surface area contributed by atoms with Crippen molar-refractivity contribution in [3.8, 4) is 0 Å². The van der Waals surface area contributed by atoms with Crippen LogP contribution in [0.15, 0.2) is 18.7 Å². The van der Waals surface area contributed by atoms with E-state index in [0.29, 0.717) is 0 Å². The third kappa shape index (κ3) is 9.41. The average Bonchev–Trinajstić information content (AvgIpc) is 2.86. The van der Waals surface area contributed by atoms with Crippen LogP contribution in [0.1, 0.15) is 78.1 Å². The summed E-state index contributed by atoms with van der Waals surface area (Å²) in [4.78, 5) is 0. The highest BCUT2D eigenvalue weighted by atomic mass is 35.5. The predicted octanol–water partition coefficient (Wildman–Crippen LogP) is 1.72. The quantitative estimate of drug-likeness (QED) is 0.411. The third-order valence-electron chi connectivity index (χ3n) is 3.79. The SMILES string of the molecule is CCCCCCCn1cc[n+](CCCCCCC)c1.[Cl-]. The van der Waals surface area contributed by atoms with Crippen molar-refractivity contribution in [3.05, 3.63) is 18.7 Å². The molecule has 0 fully saturated rings. The lowest BCUT2D eigenvalue weighted by molar-refractivity contribution is -0.696. The van der Waals surface area contributed by atoms with Gasteiger partial charge in [0.05, 0.1) is 13.1 Å². The van der Waals surface area contributed by atoms with Crippen molar-refractivity contribution in [1.82, 2.24) is 4.57 Å². The number of rotatable bonds is 12. The second-order valence-corrected chi connectivity index (χ2v) is 5.72. The highest BCUT2D eigenvalue weighted by molar-refractivity contribution is 4.66. The van der Waals surface area contributed by atoms with Crippen molar-refractivity contribution in [1.29, 1.82) is 0 Å². The van der Waals surface area contributed by atoms with Gasteiger partial charge >= 0.3 is 0 Å². The molecule has 0 bridgehead atoms. The van der Waals surface area contributed by atoms with Gasteiger partial charge in [-0.25, -0.2) is 9.13 Å². The molecule has 0 radical (unpaired) electrons. The van der Waals surface area contributed by atoms with E-state index in [0.717, 1.165) is 0 Å². The van der Waals surface area contributed by atoms with E-state index < -0.39 is 0 Å². The zero-order valence-electron chi connectivity index (χ0n) is 13.5. The first-order valence-electron chi connectivity index (χ1n) is 8.41. The van der Waals surface area contributed by atoms with E-state index in [2.05, 4.69) is 41.7 Å². The number of imidazole rings is 1. The van der Waals surface area contributed by atoms with Crippen molar-refractivity contribution >= 4 is 0 Å². The minimum absolute atomic E-state index is 0. The molecule has 0 unspecified atom stereocenters. The second kappa shape index (κ2) is 13.5. The van der Waals surface area contributed by atoms with Crippen LogP contribution < -0.4 is 17.0 Å². The summed E-state index contributed by atoms with van der Waals surface area (Å²) in [5, 5.41) is 0. The van der Waals surface area contributed by atoms with Crippen LogP contribution in [0.2, 0.25) is 0 Å². The molecule has 1 heterocycles. The maximum Gasteiger partial charge on any atom is 0.243 e. The van der Waals surface area contributed by atoms with Gasteiger partial charge in [-0.05, 0) is 25.7 Å². The van der Waals surface area contributed by atoms with E-state index in [9.17, 15) is 0 Å². The van der Waals surface area contributed by atoms with Crippen molar-refractivity contribution in [2.24, 2.45) is 0 Å². The molecule has 20 heavy (non-hydrogen) atoms. The van der Waals surface area contributed by atoms with Crippen molar-refractivity contribution in [3.63, 3.8) is 0 Å². The highest BCUT2D eigenvalue weighted by Crippen LogP contribution is 2.04. The van der Waals surface area contributed by atoms with Crippen LogP contribution in [-0.4, -0.2) is 4.57 Å². The number of hydrogen-bond donors (Lipinski definition) is 0. The molecule has 2 nitrogen and oxygen atoms in total. The molecule has 118 valence electrons. The summed E-state index contributed by atoms with van der Waals surface area (Å²) in [6.07, 6.45) is 20.4. The van der Waals surface area contributed by atoms with Gasteiger partial charge < -0.3 is 12.4 Å². The monoisotopic (exact) mass is 300 g/mol. The number of aryl methyl sites for hydroxylation is 2. The van der Waals surface area contributed by atoms with Crippen LogP contribution >= 0.6 is 0 Å². The summed E-state index contributed by atoms with van der Waals surface area (Å²) in [7, 11) is 0. The molecule has 0 saturated carbocycles. The molecule has 0 amide bonds. The maximum absolute atomic E-state index is 2.35. The van der Waals surface area contributed by atoms with Crippen LogP contribution in [0.5, 0.6) is 0 Å². The minimum atomic E-state index is 0. The van der Waals surface area contributed by atoms with E-state index >= 15 is 0 Å². The smallest absolute Gasteiger partial charge is 0.243 e. The third-order valence-corrected chi connectivity index (χ3v) is 3.79. The van der Waals surface area contributed by atoms with E-state index in [1.54, 1.807) is 0 Å². The van der Waals surface area contributed by atoms with E-state index in [1.807, 2.05) is 0 Å². The van der Waals surface area contributed by atoms with Crippen molar-refractivity contribution in [2.45, 2.75) is 91.1 Å². The molecule has 1 aromatic heterocycles. The Labute approximate surface area is 132 Å². The van der Waals surface area contributed by atoms with Crippen LogP contribution in [0, 0.1) is 0 Å². The van der Waals surface area contributed by atoms with Gasteiger partial charge in [-0.15, -0.1) is 0 Å². The summed E-state index contributed by atoms with van der Waals surface area (Å²) in [6, 6.07) is 0. The fourth-order valence-corrected chi connectivity index (χ4v) is 2.50. The zero-order chi connectivity index (χ0) is 13.8. The van der Waals surface area contributed by atoms with Gasteiger partial charge in [-0.1, -0.05) is 52.4 Å². The number of hydrogen-bond acceptors (Lipinski definition) is 0. The Bertz CT molecular complexity index is 281. The predicted molar refractivity (Wildman–Crippen MR) is 82.1 cm³/mol. The highest BCUT2D eigenvalue weighted by Gasteiger charge is 2.03. The Balaban J connectivity index is 0.00000361. The van der Waals surface area contributed by atoms with E-state index in [1.165, 1.54) is 77.3 Å². The first-order chi connectivity index (χ1) is 9.36. The lowest BCUT2D eigenvalue weighted by Gasteiger charge is -1.98. The standard InChI is InChI=1S/C17H33N2.ClH/c1-3-5-7-9-11-13-18-15-16-19(17-18)14-12-10-8-6-4-2;/h15-17H,3-14H2,1-2H3;1H/q+1;/p-1. The van der Waals surface area contributed by atoms with Gasteiger partial charge in [0, 0.05) is 0 Å². The lowest BCUT2D eigenvalue weighted by atomic mass is 10.1. The maximum atomic E-state index is 2.35. The first-order valence-corrected chi connectivity index (χ1v) is 8.41. The van der Waals surface area contributed by atoms with Gasteiger partial charge in [0.15, 0.2) is 0 Å². The summed E-state index contributed by atoms with van der Waals surface area (Å²) in [6.45, 7) is 6.92. The van der Waals surface area contributed by atoms with Gasteiger partial charge in [0.2, 0.25) is 6.33 Å². The first kappa shape index (κ1) is 19.5. The Morgan fingerprint density at radius 2 is 1.40 bits per heavy atom. The molecule has 0 aliphatic carbocycles. The van der Waals surface area contributed by atoms with Crippen LogP contribution in [0.25, 0.3) is 0 Å². The van der Waals surface area contributed by atoms with E-state index in [4.69, 9.17) is 0 Å². The topological polar surface area (TPSA) is 8.81 Å². The Morgan fingerprint density at radius 3 is 2.05 bits per heavy atom. The summed E-state index contributed by atoms with van der Waals surface area (Å²) in [5.74, 6) is 0. The summed E-state index contributed by atoms with van der Waals surface area (Å²) < 4.78 is 4.69. The molecule has 0 N–H and O–H groups in total. The minimum Gasteiger partial charge on any atom is -1.00 e. The molecule has 0 aromatic carbocycles. The van der Waals surface area contributed by atoms with Crippen molar-refractivity contribution < 1.29 is 17.0 Å². The Kier molecular flexibility index (Phi) is 13.1. The number of unbranched alkanes of at least 4 members (excludes halogenated alkanes) is 8. The molecule has 1 rings (SSSR count). The van der Waals surface area contributed by atoms with E-state index in [-0.39, 0.29) is 12.4 Å². The fraction of sp³-hybridized carbons (Fsp3) is 0.824. The average molecular weight is 301 g/mol. The summed E-state index contributed by atoms with van der Waals surface area (Å²) >= 11 is 0. The zero-order valence-corrected chi connectivity index (χ0v) is 14.2. The van der Waals surface area contributed by atoms with Crippen LogP contribution in [0.4, 0.5) is 0 Å². The van der Waals surface area contributed by atoms with Crippen molar-refractivity contribution in [2.75, 3.05) is 0 Å². The summed E-state index contributed by atoms with van der Waals surface area (Å²) in [5.41, 5.74) is 0. The van der Waals surface area contributed by atoms with Gasteiger partial charge in [0.1, 0.15) is 12.4 Å². The molecular formula is C17H33ClN2. The number of nitrogens with zero attached hydrogens (tertiary/aromatic N) is 2. The number of halogens is 1. The van der Waals surface area contributed by atoms with Gasteiger partial charge in [-0.2, -0.15) is 0 Å². The molecule has 1 aromatic rings. The molecule has 0 spiro atoms. The van der Waals surface area contributed by atoms with Crippen LogP contribution in [-0.2, 0) is 13.1 Å². The fourth-order valence-electron chi connectivity index (χ4n) is 2.50. The molecule has 0 saturated heterocycles.